The Kier molecular flexibility index (Phi) is 6.08. The maximum absolute atomic E-state index is 5.96. The molecule has 140 valence electrons. The molecule has 2 aromatic rings. The van der Waals surface area contributed by atoms with Crippen LogP contribution in [0.3, 0.4) is 0 Å². The van der Waals surface area contributed by atoms with E-state index in [1.54, 1.807) is 0 Å². The third-order valence-electron chi connectivity index (χ3n) is 5.74. The van der Waals surface area contributed by atoms with E-state index in [9.17, 15) is 0 Å². The van der Waals surface area contributed by atoms with Gasteiger partial charge in [-0.3, -0.25) is 4.90 Å². The highest BCUT2D eigenvalue weighted by Crippen LogP contribution is 2.28. The highest BCUT2D eigenvalue weighted by Gasteiger charge is 2.21. The molecule has 1 aliphatic heterocycles. The summed E-state index contributed by atoms with van der Waals surface area (Å²) in [7, 11) is 0. The van der Waals surface area contributed by atoms with Crippen molar-refractivity contribution in [3.05, 3.63) is 29.3 Å². The first kappa shape index (κ1) is 18.2. The summed E-state index contributed by atoms with van der Waals surface area (Å²) in [6.07, 6.45) is 8.65. The van der Waals surface area contributed by atoms with Gasteiger partial charge in [-0.25, -0.2) is 0 Å². The Labute approximate surface area is 165 Å². The van der Waals surface area contributed by atoms with E-state index < -0.39 is 0 Å². The summed E-state index contributed by atoms with van der Waals surface area (Å²) >= 11 is 7.47. The first-order valence-corrected chi connectivity index (χ1v) is 11.0. The second-order valence-electron chi connectivity index (χ2n) is 7.53. The number of aromatic nitrogens is 2. The lowest BCUT2D eigenvalue weighted by atomic mass is 9.87. The zero-order valence-electron chi connectivity index (χ0n) is 15.2. The predicted octanol–water partition coefficient (Wildman–Crippen LogP) is 4.95. The molecule has 4 rings (SSSR count). The van der Waals surface area contributed by atoms with Gasteiger partial charge in [0, 0.05) is 48.3 Å². The molecule has 1 saturated heterocycles. The van der Waals surface area contributed by atoms with Gasteiger partial charge in [-0.05, 0) is 43.1 Å². The zero-order chi connectivity index (χ0) is 17.8. The molecule has 4 nitrogen and oxygen atoms in total. The van der Waals surface area contributed by atoms with Gasteiger partial charge in [0.2, 0.25) is 5.13 Å². The van der Waals surface area contributed by atoms with E-state index in [0.29, 0.717) is 0 Å². The van der Waals surface area contributed by atoms with Crippen LogP contribution >= 0.6 is 23.1 Å². The summed E-state index contributed by atoms with van der Waals surface area (Å²) in [6, 6.07) is 7.75. The van der Waals surface area contributed by atoms with Crippen molar-refractivity contribution in [2.24, 2.45) is 5.92 Å². The zero-order valence-corrected chi connectivity index (χ0v) is 16.8. The van der Waals surface area contributed by atoms with Crippen molar-refractivity contribution in [3.63, 3.8) is 0 Å². The van der Waals surface area contributed by atoms with E-state index in [4.69, 9.17) is 16.6 Å². The fraction of sp³-hybridized carbons (Fsp3) is 0.600. The van der Waals surface area contributed by atoms with Gasteiger partial charge in [-0.1, -0.05) is 43.7 Å². The lowest BCUT2D eigenvalue weighted by Gasteiger charge is -2.35. The predicted molar refractivity (Wildman–Crippen MR) is 110 cm³/mol. The first-order valence-electron chi connectivity index (χ1n) is 9.85. The van der Waals surface area contributed by atoms with Gasteiger partial charge in [-0.2, -0.15) is 9.36 Å². The second kappa shape index (κ2) is 8.68. The lowest BCUT2D eigenvalue weighted by Crippen LogP contribution is -2.46. The van der Waals surface area contributed by atoms with Crippen LogP contribution in [0.2, 0.25) is 5.02 Å². The van der Waals surface area contributed by atoms with Crippen LogP contribution in [-0.4, -0.2) is 47.0 Å². The Bertz CT molecular complexity index is 688. The van der Waals surface area contributed by atoms with Crippen LogP contribution in [0.25, 0.3) is 11.4 Å². The molecule has 0 spiro atoms. The molecule has 0 amide bonds. The molecule has 0 radical (unpaired) electrons. The van der Waals surface area contributed by atoms with Gasteiger partial charge in [0.1, 0.15) is 0 Å². The maximum atomic E-state index is 5.96. The second-order valence-corrected chi connectivity index (χ2v) is 8.70. The SMILES string of the molecule is Clc1ccc(-c2nsc(N3CCN(CCC4CCCCC4)CC3)n2)cc1. The van der Waals surface area contributed by atoms with E-state index in [2.05, 4.69) is 14.2 Å². The Morgan fingerprint density at radius 2 is 1.73 bits per heavy atom. The number of halogens is 1. The quantitative estimate of drug-likeness (QED) is 0.722. The summed E-state index contributed by atoms with van der Waals surface area (Å²) in [5.41, 5.74) is 1.03. The van der Waals surface area contributed by atoms with Crippen molar-refractivity contribution >= 4 is 28.3 Å². The van der Waals surface area contributed by atoms with E-state index in [-0.39, 0.29) is 0 Å². The van der Waals surface area contributed by atoms with Crippen molar-refractivity contribution in [3.8, 4) is 11.4 Å². The maximum Gasteiger partial charge on any atom is 0.205 e. The standard InChI is InChI=1S/C20H27ClN4S/c21-18-8-6-17(7-9-18)19-22-20(26-23-19)25-14-12-24(13-15-25)11-10-16-4-2-1-3-5-16/h6-9,16H,1-5,10-15H2. The van der Waals surface area contributed by atoms with Crippen LogP contribution in [0.5, 0.6) is 0 Å². The molecule has 1 aliphatic carbocycles. The molecule has 1 aromatic heterocycles. The molecule has 2 aliphatic rings. The minimum absolute atomic E-state index is 0.744. The third kappa shape index (κ3) is 4.56. The molecular formula is C20H27ClN4S. The van der Waals surface area contributed by atoms with Crippen molar-refractivity contribution < 1.29 is 0 Å². The van der Waals surface area contributed by atoms with Crippen molar-refractivity contribution in [1.82, 2.24) is 14.3 Å². The van der Waals surface area contributed by atoms with E-state index in [1.165, 1.54) is 56.6 Å². The van der Waals surface area contributed by atoms with E-state index >= 15 is 0 Å². The molecule has 6 heteroatoms. The van der Waals surface area contributed by atoms with E-state index in [0.717, 1.165) is 53.6 Å². The van der Waals surface area contributed by atoms with Gasteiger partial charge in [0.15, 0.2) is 5.82 Å². The molecule has 2 fully saturated rings. The molecule has 26 heavy (non-hydrogen) atoms. The van der Waals surface area contributed by atoms with E-state index in [1.807, 2.05) is 24.3 Å². The summed E-state index contributed by atoms with van der Waals surface area (Å²) in [4.78, 5) is 9.76. The molecule has 0 N–H and O–H groups in total. The highest BCUT2D eigenvalue weighted by molar-refractivity contribution is 7.09. The summed E-state index contributed by atoms with van der Waals surface area (Å²) in [5, 5.41) is 1.79. The Morgan fingerprint density at radius 1 is 1.00 bits per heavy atom. The van der Waals surface area contributed by atoms with Gasteiger partial charge in [0.25, 0.3) is 0 Å². The summed E-state index contributed by atoms with van der Waals surface area (Å²) < 4.78 is 4.54. The fourth-order valence-electron chi connectivity index (χ4n) is 4.06. The van der Waals surface area contributed by atoms with Crippen molar-refractivity contribution in [2.75, 3.05) is 37.6 Å². The number of piperazine rings is 1. The summed E-state index contributed by atoms with van der Waals surface area (Å²) in [6.45, 7) is 5.66. The molecule has 0 bridgehead atoms. The normalized spacial score (nSPS) is 19.8. The average molecular weight is 391 g/mol. The minimum Gasteiger partial charge on any atom is -0.344 e. The van der Waals surface area contributed by atoms with Gasteiger partial charge < -0.3 is 4.90 Å². The number of rotatable bonds is 5. The van der Waals surface area contributed by atoms with Crippen LogP contribution in [0, 0.1) is 5.92 Å². The first-order chi connectivity index (χ1) is 12.8. The average Bonchev–Trinajstić information content (AvgIpc) is 3.18. The topological polar surface area (TPSA) is 32.3 Å². The lowest BCUT2D eigenvalue weighted by molar-refractivity contribution is 0.221. The van der Waals surface area contributed by atoms with Crippen molar-refractivity contribution in [2.45, 2.75) is 38.5 Å². The molecule has 2 heterocycles. The molecule has 1 saturated carbocycles. The van der Waals surface area contributed by atoms with Gasteiger partial charge >= 0.3 is 0 Å². The number of benzene rings is 1. The molecular weight excluding hydrogens is 364 g/mol. The Balaban J connectivity index is 1.27. The van der Waals surface area contributed by atoms with Crippen LogP contribution in [0.1, 0.15) is 38.5 Å². The largest absolute Gasteiger partial charge is 0.344 e. The van der Waals surface area contributed by atoms with Crippen LogP contribution < -0.4 is 4.90 Å². The highest BCUT2D eigenvalue weighted by atomic mass is 35.5. The minimum atomic E-state index is 0.744. The molecule has 1 aromatic carbocycles. The third-order valence-corrected chi connectivity index (χ3v) is 6.77. The number of nitrogens with zero attached hydrogens (tertiary/aromatic N) is 4. The molecule has 0 unspecified atom stereocenters. The van der Waals surface area contributed by atoms with Crippen LogP contribution in [-0.2, 0) is 0 Å². The van der Waals surface area contributed by atoms with Crippen LogP contribution in [0.4, 0.5) is 5.13 Å². The smallest absolute Gasteiger partial charge is 0.205 e. The number of hydrogen-bond acceptors (Lipinski definition) is 5. The van der Waals surface area contributed by atoms with Gasteiger partial charge in [-0.15, -0.1) is 0 Å². The van der Waals surface area contributed by atoms with Crippen molar-refractivity contribution in [1.29, 1.82) is 0 Å². The fourth-order valence-corrected chi connectivity index (χ4v) is 4.93. The number of anilines is 1. The monoisotopic (exact) mass is 390 g/mol. The van der Waals surface area contributed by atoms with Crippen LogP contribution in [0.15, 0.2) is 24.3 Å². The summed E-state index contributed by atoms with van der Waals surface area (Å²) in [5.74, 6) is 1.79. The van der Waals surface area contributed by atoms with Gasteiger partial charge in [0.05, 0.1) is 0 Å². The molecule has 0 atom stereocenters. The Hall–Kier alpha value is -1.17. The number of hydrogen-bond donors (Lipinski definition) is 0. The Morgan fingerprint density at radius 3 is 2.46 bits per heavy atom.